The first-order valence-corrected chi connectivity index (χ1v) is 4.44. The molecule has 0 aliphatic heterocycles. The summed E-state index contributed by atoms with van der Waals surface area (Å²) in [5, 5.41) is 18.7. The fourth-order valence-electron chi connectivity index (χ4n) is 1.32. The number of rotatable bonds is 2. The summed E-state index contributed by atoms with van der Waals surface area (Å²) >= 11 is 0. The zero-order chi connectivity index (χ0) is 13.2. The third kappa shape index (κ3) is 2.68. The van der Waals surface area contributed by atoms with Crippen LogP contribution in [0.25, 0.3) is 0 Å². The maximum absolute atomic E-state index is 12.6. The van der Waals surface area contributed by atoms with Crippen molar-refractivity contribution in [2.24, 2.45) is 0 Å². The van der Waals surface area contributed by atoms with Crippen LogP contribution < -0.4 is 0 Å². The van der Waals surface area contributed by atoms with E-state index < -0.39 is 35.1 Å². The van der Waals surface area contributed by atoms with Gasteiger partial charge < -0.3 is 14.9 Å². The van der Waals surface area contributed by atoms with Crippen molar-refractivity contribution in [1.82, 2.24) is 0 Å². The average molecular weight is 250 g/mol. The van der Waals surface area contributed by atoms with Crippen LogP contribution in [0.3, 0.4) is 0 Å². The number of carbonyl (C=O) groups excluding carboxylic acids is 1. The van der Waals surface area contributed by atoms with E-state index in [2.05, 4.69) is 4.74 Å². The van der Waals surface area contributed by atoms with E-state index in [0.717, 1.165) is 19.2 Å². The highest BCUT2D eigenvalue weighted by Gasteiger charge is 2.38. The van der Waals surface area contributed by atoms with E-state index in [9.17, 15) is 28.2 Å². The Labute approximate surface area is 94.3 Å². The Hall–Kier alpha value is -1.76. The number of hydrogen-bond donors (Lipinski definition) is 2. The van der Waals surface area contributed by atoms with Crippen molar-refractivity contribution in [3.63, 3.8) is 0 Å². The van der Waals surface area contributed by atoms with Crippen LogP contribution in [0.2, 0.25) is 0 Å². The predicted molar refractivity (Wildman–Crippen MR) is 50.1 cm³/mol. The molecule has 0 aliphatic rings. The molecule has 7 heteroatoms. The van der Waals surface area contributed by atoms with Crippen molar-refractivity contribution in [1.29, 1.82) is 0 Å². The van der Waals surface area contributed by atoms with Gasteiger partial charge in [0, 0.05) is 5.56 Å². The second-order valence-electron chi connectivity index (χ2n) is 3.16. The zero-order valence-electron chi connectivity index (χ0n) is 8.65. The topological polar surface area (TPSA) is 66.8 Å². The van der Waals surface area contributed by atoms with Gasteiger partial charge in [0.1, 0.15) is 5.75 Å². The number of carbonyl (C=O) groups is 1. The van der Waals surface area contributed by atoms with Crippen LogP contribution in [0.15, 0.2) is 18.2 Å². The molecule has 2 N–H and O–H groups in total. The minimum Gasteiger partial charge on any atom is -0.508 e. The highest BCUT2D eigenvalue weighted by Crippen LogP contribution is 2.38. The third-order valence-corrected chi connectivity index (χ3v) is 2.09. The second-order valence-corrected chi connectivity index (χ2v) is 3.16. The fourth-order valence-corrected chi connectivity index (χ4v) is 1.32. The van der Waals surface area contributed by atoms with Gasteiger partial charge in [0.2, 0.25) is 0 Å². The summed E-state index contributed by atoms with van der Waals surface area (Å²) in [6.07, 6.45) is -6.97. The van der Waals surface area contributed by atoms with Gasteiger partial charge in [0.05, 0.1) is 12.7 Å². The van der Waals surface area contributed by atoms with Gasteiger partial charge in [0.15, 0.2) is 6.10 Å². The number of aliphatic hydroxyl groups is 1. The number of ether oxygens (including phenoxy) is 1. The molecule has 4 nitrogen and oxygen atoms in total. The summed E-state index contributed by atoms with van der Waals surface area (Å²) < 4.78 is 41.9. The smallest absolute Gasteiger partial charge is 0.416 e. The summed E-state index contributed by atoms with van der Waals surface area (Å²) in [6.45, 7) is 0. The van der Waals surface area contributed by atoms with E-state index in [1.807, 2.05) is 0 Å². The summed E-state index contributed by atoms with van der Waals surface area (Å²) in [6, 6.07) is 2.56. The lowest BCUT2D eigenvalue weighted by Gasteiger charge is -2.17. The fraction of sp³-hybridized carbons (Fsp3) is 0.300. The first-order chi connectivity index (χ1) is 7.79. The Morgan fingerprint density at radius 2 is 2.00 bits per heavy atom. The predicted octanol–water partition coefficient (Wildman–Crippen LogP) is 1.62. The van der Waals surface area contributed by atoms with Crippen LogP contribution in [0.4, 0.5) is 13.2 Å². The van der Waals surface area contributed by atoms with E-state index >= 15 is 0 Å². The molecule has 0 spiro atoms. The first-order valence-electron chi connectivity index (χ1n) is 4.44. The highest BCUT2D eigenvalue weighted by molar-refractivity contribution is 5.77. The molecule has 0 heterocycles. The van der Waals surface area contributed by atoms with Crippen LogP contribution in [0.5, 0.6) is 5.75 Å². The molecule has 17 heavy (non-hydrogen) atoms. The van der Waals surface area contributed by atoms with Gasteiger partial charge in [-0.1, -0.05) is 6.07 Å². The molecule has 1 aromatic rings. The molecule has 0 aromatic heterocycles. The van der Waals surface area contributed by atoms with Gasteiger partial charge >= 0.3 is 12.1 Å². The average Bonchev–Trinajstić information content (AvgIpc) is 2.25. The molecule has 1 unspecified atom stereocenters. The van der Waals surface area contributed by atoms with E-state index in [0.29, 0.717) is 6.07 Å². The normalized spacial score (nSPS) is 13.2. The van der Waals surface area contributed by atoms with Crippen LogP contribution in [0, 0.1) is 0 Å². The van der Waals surface area contributed by atoms with Gasteiger partial charge in [-0.3, -0.25) is 0 Å². The number of alkyl halides is 3. The van der Waals surface area contributed by atoms with Crippen molar-refractivity contribution in [2.75, 3.05) is 7.11 Å². The van der Waals surface area contributed by atoms with Crippen LogP contribution in [-0.4, -0.2) is 23.3 Å². The first kappa shape index (κ1) is 13.3. The lowest BCUT2D eigenvalue weighted by molar-refractivity contribution is -0.152. The molecule has 0 radical (unpaired) electrons. The van der Waals surface area contributed by atoms with Crippen molar-refractivity contribution >= 4 is 5.97 Å². The van der Waals surface area contributed by atoms with Gasteiger partial charge in [-0.15, -0.1) is 0 Å². The number of phenolic OH excluding ortho intramolecular Hbond substituents is 1. The van der Waals surface area contributed by atoms with Crippen molar-refractivity contribution in [2.45, 2.75) is 12.3 Å². The molecule has 94 valence electrons. The third-order valence-electron chi connectivity index (χ3n) is 2.09. The van der Waals surface area contributed by atoms with E-state index in [4.69, 9.17) is 0 Å². The summed E-state index contributed by atoms with van der Waals surface area (Å²) in [5.74, 6) is -2.10. The number of benzene rings is 1. The minimum atomic E-state index is -4.79. The SMILES string of the molecule is COC(=O)C(O)c1c(O)cccc1C(F)(F)F. The molecule has 1 rings (SSSR count). The molecule has 0 saturated carbocycles. The Bertz CT molecular complexity index is 428. The standard InChI is InChI=1S/C10H9F3O4/c1-17-9(16)8(15)7-5(10(11,12)13)3-2-4-6(7)14/h2-4,8,14-15H,1H3. The summed E-state index contributed by atoms with van der Waals surface area (Å²) in [7, 11) is 0.915. The minimum absolute atomic E-state index is 0.654. The molecule has 0 amide bonds. The van der Waals surface area contributed by atoms with Gasteiger partial charge in [0.25, 0.3) is 0 Å². The number of esters is 1. The van der Waals surface area contributed by atoms with Gasteiger partial charge in [-0.2, -0.15) is 13.2 Å². The maximum Gasteiger partial charge on any atom is 0.416 e. The van der Waals surface area contributed by atoms with E-state index in [1.54, 1.807) is 0 Å². The van der Waals surface area contributed by atoms with Crippen molar-refractivity contribution in [3.05, 3.63) is 29.3 Å². The van der Waals surface area contributed by atoms with Gasteiger partial charge in [-0.05, 0) is 12.1 Å². The van der Waals surface area contributed by atoms with Crippen LogP contribution in [-0.2, 0) is 15.7 Å². The number of hydrogen-bond acceptors (Lipinski definition) is 4. The molecule has 0 aliphatic carbocycles. The second kappa shape index (κ2) is 4.62. The number of halogens is 3. The zero-order valence-corrected chi connectivity index (χ0v) is 8.65. The number of aliphatic hydroxyl groups excluding tert-OH is 1. The maximum atomic E-state index is 12.6. The lowest BCUT2D eigenvalue weighted by Crippen LogP contribution is -2.19. The molecule has 0 fully saturated rings. The Morgan fingerprint density at radius 1 is 1.41 bits per heavy atom. The lowest BCUT2D eigenvalue weighted by atomic mass is 10.0. The summed E-state index contributed by atoms with van der Waals surface area (Å²) in [4.78, 5) is 11.0. The Morgan fingerprint density at radius 3 is 2.47 bits per heavy atom. The van der Waals surface area contributed by atoms with Crippen molar-refractivity contribution < 1.29 is 32.9 Å². The molecule has 0 saturated heterocycles. The molecular formula is C10H9F3O4. The van der Waals surface area contributed by atoms with E-state index in [-0.39, 0.29) is 0 Å². The summed E-state index contributed by atoms with van der Waals surface area (Å²) in [5.41, 5.74) is -2.19. The van der Waals surface area contributed by atoms with Gasteiger partial charge in [-0.25, -0.2) is 4.79 Å². The van der Waals surface area contributed by atoms with Crippen LogP contribution >= 0.6 is 0 Å². The monoisotopic (exact) mass is 250 g/mol. The van der Waals surface area contributed by atoms with Crippen LogP contribution in [0.1, 0.15) is 17.2 Å². The van der Waals surface area contributed by atoms with Crippen molar-refractivity contribution in [3.8, 4) is 5.75 Å². The molecular weight excluding hydrogens is 241 g/mol. The quantitative estimate of drug-likeness (QED) is 0.783. The number of phenols is 1. The molecule has 1 atom stereocenters. The Balaban J connectivity index is 3.35. The number of aromatic hydroxyl groups is 1. The molecule has 0 bridgehead atoms. The van der Waals surface area contributed by atoms with E-state index in [1.165, 1.54) is 0 Å². The molecule has 1 aromatic carbocycles. The highest BCUT2D eigenvalue weighted by atomic mass is 19.4. The Kier molecular flexibility index (Phi) is 3.62. The number of methoxy groups -OCH3 is 1. The largest absolute Gasteiger partial charge is 0.508 e.